The predicted molar refractivity (Wildman–Crippen MR) is 158 cm³/mol. The van der Waals surface area contributed by atoms with E-state index < -0.39 is 5.82 Å². The van der Waals surface area contributed by atoms with Crippen molar-refractivity contribution >= 4 is 39.9 Å². The third kappa shape index (κ3) is 4.20. The summed E-state index contributed by atoms with van der Waals surface area (Å²) in [7, 11) is 4.10. The minimum Gasteiger partial charge on any atom is -0.507 e. The van der Waals surface area contributed by atoms with Crippen molar-refractivity contribution in [2.75, 3.05) is 50.1 Å². The zero-order valence-corrected chi connectivity index (χ0v) is 23.6. The summed E-state index contributed by atoms with van der Waals surface area (Å²) in [5.41, 5.74) is 1.74. The third-order valence-electron chi connectivity index (χ3n) is 8.57. The van der Waals surface area contributed by atoms with Crippen LogP contribution in [0.5, 0.6) is 5.75 Å². The fourth-order valence-corrected chi connectivity index (χ4v) is 6.06. The Bertz CT molecular complexity index is 1620. The molecule has 6 rings (SSSR count). The molecule has 1 aromatic heterocycles. The molecule has 0 unspecified atom stereocenters. The monoisotopic (exact) mass is 542 g/mol. The minimum atomic E-state index is -0.469. The van der Waals surface area contributed by atoms with Crippen LogP contribution in [-0.4, -0.2) is 89.7 Å². The van der Waals surface area contributed by atoms with Crippen molar-refractivity contribution in [2.45, 2.75) is 38.9 Å². The lowest BCUT2D eigenvalue weighted by molar-refractivity contribution is -0.120. The average Bonchev–Trinajstić information content (AvgIpc) is 2.90. The van der Waals surface area contributed by atoms with Gasteiger partial charge in [0.1, 0.15) is 17.1 Å². The lowest BCUT2D eigenvalue weighted by atomic mass is 9.92. The molecule has 208 valence electrons. The number of fused-ring (bicyclic) bond motifs is 2. The smallest absolute Gasteiger partial charge is 0.228 e. The number of benzene rings is 3. The SMILES string of the molecule is Cc1cc2c(N3C[C@@H](C)N(C=O)C[C@@H]3C)nc(N3CC(N(C)C)C3)nc2c(F)c1-c1c(O)ccc2ccccc12. The van der Waals surface area contributed by atoms with E-state index in [0.29, 0.717) is 53.0 Å². The number of amides is 1. The van der Waals surface area contributed by atoms with Crippen molar-refractivity contribution < 1.29 is 14.3 Å². The summed E-state index contributed by atoms with van der Waals surface area (Å²) in [6.45, 7) is 8.60. The predicted octanol–water partition coefficient (Wildman–Crippen LogP) is 4.41. The van der Waals surface area contributed by atoms with E-state index in [4.69, 9.17) is 9.97 Å². The molecule has 2 atom stereocenters. The molecule has 3 heterocycles. The number of likely N-dealkylation sites (N-methyl/N-ethyl adjacent to an activating group) is 1. The van der Waals surface area contributed by atoms with Crippen LogP contribution in [0.25, 0.3) is 32.8 Å². The second kappa shape index (κ2) is 9.89. The van der Waals surface area contributed by atoms with Gasteiger partial charge in [-0.05, 0) is 63.3 Å². The minimum absolute atomic E-state index is 0.0107. The number of hydrogen-bond donors (Lipinski definition) is 1. The van der Waals surface area contributed by atoms with Gasteiger partial charge in [-0.15, -0.1) is 0 Å². The Morgan fingerprint density at radius 3 is 2.45 bits per heavy atom. The summed E-state index contributed by atoms with van der Waals surface area (Å²) in [6.07, 6.45) is 0.899. The van der Waals surface area contributed by atoms with E-state index in [2.05, 4.69) is 35.7 Å². The molecule has 0 bridgehead atoms. The highest BCUT2D eigenvalue weighted by Crippen LogP contribution is 2.43. The van der Waals surface area contributed by atoms with Gasteiger partial charge in [-0.25, -0.2) is 9.37 Å². The van der Waals surface area contributed by atoms with Crippen LogP contribution in [0.1, 0.15) is 19.4 Å². The van der Waals surface area contributed by atoms with Crippen LogP contribution in [0, 0.1) is 12.7 Å². The van der Waals surface area contributed by atoms with Gasteiger partial charge < -0.3 is 24.7 Å². The van der Waals surface area contributed by atoms with Gasteiger partial charge in [-0.3, -0.25) is 4.79 Å². The molecule has 9 heteroatoms. The first-order chi connectivity index (χ1) is 19.2. The number of anilines is 2. The maximum atomic E-state index is 16.8. The fraction of sp³-hybridized carbons (Fsp3) is 0.387. The maximum absolute atomic E-state index is 16.8. The number of aromatic nitrogens is 2. The molecule has 0 spiro atoms. The number of halogens is 1. The second-order valence-corrected chi connectivity index (χ2v) is 11.5. The quantitative estimate of drug-likeness (QED) is 0.375. The zero-order chi connectivity index (χ0) is 28.3. The Morgan fingerprint density at radius 2 is 1.73 bits per heavy atom. The third-order valence-corrected chi connectivity index (χ3v) is 8.57. The Morgan fingerprint density at radius 1 is 0.975 bits per heavy atom. The van der Waals surface area contributed by atoms with E-state index in [1.165, 1.54) is 0 Å². The summed E-state index contributed by atoms with van der Waals surface area (Å²) in [5, 5.41) is 13.3. The van der Waals surface area contributed by atoms with Crippen LogP contribution in [0.3, 0.4) is 0 Å². The zero-order valence-electron chi connectivity index (χ0n) is 23.6. The Kier molecular flexibility index (Phi) is 6.49. The van der Waals surface area contributed by atoms with Gasteiger partial charge in [-0.1, -0.05) is 30.3 Å². The Labute approximate surface area is 233 Å². The number of nitrogens with zero attached hydrogens (tertiary/aromatic N) is 6. The molecule has 2 fully saturated rings. The summed E-state index contributed by atoms with van der Waals surface area (Å²) >= 11 is 0. The van der Waals surface area contributed by atoms with Gasteiger partial charge in [0.2, 0.25) is 12.4 Å². The van der Waals surface area contributed by atoms with Gasteiger partial charge >= 0.3 is 0 Å². The molecule has 4 aromatic rings. The first-order valence-corrected chi connectivity index (χ1v) is 13.8. The Hall–Kier alpha value is -3.98. The number of carbonyl (C=O) groups is 1. The van der Waals surface area contributed by atoms with Gasteiger partial charge in [0.25, 0.3) is 0 Å². The number of aryl methyl sites for hydroxylation is 1. The summed E-state index contributed by atoms with van der Waals surface area (Å²) < 4.78 is 16.8. The molecule has 8 nitrogen and oxygen atoms in total. The van der Waals surface area contributed by atoms with Crippen LogP contribution < -0.4 is 9.80 Å². The first kappa shape index (κ1) is 26.3. The van der Waals surface area contributed by atoms with E-state index in [1.54, 1.807) is 11.0 Å². The van der Waals surface area contributed by atoms with Crippen molar-refractivity contribution in [3.63, 3.8) is 0 Å². The van der Waals surface area contributed by atoms with Crippen molar-refractivity contribution in [2.24, 2.45) is 0 Å². The molecular formula is C31H35FN6O2. The number of phenolic OH excluding ortho intramolecular Hbond substituents is 1. The summed E-state index contributed by atoms with van der Waals surface area (Å²) in [4.78, 5) is 29.7. The molecular weight excluding hydrogens is 507 g/mol. The van der Waals surface area contributed by atoms with Crippen LogP contribution in [0.4, 0.5) is 16.2 Å². The highest BCUT2D eigenvalue weighted by atomic mass is 19.1. The topological polar surface area (TPSA) is 76.0 Å². The highest BCUT2D eigenvalue weighted by Gasteiger charge is 2.35. The van der Waals surface area contributed by atoms with Crippen molar-refractivity contribution in [1.29, 1.82) is 0 Å². The van der Waals surface area contributed by atoms with Crippen molar-refractivity contribution in [3.8, 4) is 16.9 Å². The molecule has 40 heavy (non-hydrogen) atoms. The normalized spacial score (nSPS) is 20.0. The lowest BCUT2D eigenvalue weighted by Gasteiger charge is -2.45. The number of rotatable bonds is 5. The first-order valence-electron chi connectivity index (χ1n) is 13.8. The number of carbonyl (C=O) groups excluding carboxylic acids is 1. The molecule has 1 N–H and O–H groups in total. The van der Waals surface area contributed by atoms with Crippen LogP contribution in [0.15, 0.2) is 42.5 Å². The van der Waals surface area contributed by atoms with E-state index >= 15 is 4.39 Å². The fourth-order valence-electron chi connectivity index (χ4n) is 6.06. The number of piperazine rings is 1. The molecule has 0 saturated carbocycles. The van der Waals surface area contributed by atoms with Crippen LogP contribution >= 0.6 is 0 Å². The van der Waals surface area contributed by atoms with Crippen LogP contribution in [-0.2, 0) is 4.79 Å². The summed E-state index contributed by atoms with van der Waals surface area (Å²) in [5.74, 6) is 0.727. The molecule has 3 aromatic carbocycles. The Balaban J connectivity index is 1.57. The van der Waals surface area contributed by atoms with Crippen molar-refractivity contribution in [1.82, 2.24) is 19.8 Å². The van der Waals surface area contributed by atoms with Gasteiger partial charge in [0.15, 0.2) is 5.82 Å². The molecule has 0 radical (unpaired) electrons. The molecule has 0 aliphatic carbocycles. The molecule has 1 amide bonds. The molecule has 2 saturated heterocycles. The van der Waals surface area contributed by atoms with Crippen molar-refractivity contribution in [3.05, 3.63) is 53.8 Å². The van der Waals surface area contributed by atoms with E-state index in [1.807, 2.05) is 50.2 Å². The lowest BCUT2D eigenvalue weighted by Crippen LogP contribution is -2.58. The van der Waals surface area contributed by atoms with E-state index in [0.717, 1.165) is 30.3 Å². The molecule has 2 aliphatic rings. The van der Waals surface area contributed by atoms with E-state index in [9.17, 15) is 9.90 Å². The van der Waals surface area contributed by atoms with Gasteiger partial charge in [-0.2, -0.15) is 4.98 Å². The second-order valence-electron chi connectivity index (χ2n) is 11.5. The summed E-state index contributed by atoms with van der Waals surface area (Å²) in [6, 6.07) is 13.4. The maximum Gasteiger partial charge on any atom is 0.228 e. The largest absolute Gasteiger partial charge is 0.507 e. The van der Waals surface area contributed by atoms with Gasteiger partial charge in [0, 0.05) is 60.8 Å². The van der Waals surface area contributed by atoms with Crippen LogP contribution in [0.2, 0.25) is 0 Å². The highest BCUT2D eigenvalue weighted by molar-refractivity contribution is 6.04. The number of aromatic hydroxyl groups is 1. The average molecular weight is 543 g/mol. The standard InChI is InChI=1S/C31H35FN6O2/c1-18-12-24-29(28(32)26(18)27-23-9-7-6-8-21(23)10-11-25(27)40)33-31(36-15-22(16-36)35(4)5)34-30(24)38-14-19(2)37(17-39)13-20(38)3/h6-12,17,19-20,22,40H,13-16H2,1-5H3/t19-,20+/m1/s1. The number of phenols is 1. The van der Waals surface area contributed by atoms with E-state index in [-0.39, 0.29) is 23.3 Å². The molecule has 2 aliphatic heterocycles. The number of hydrogen-bond acceptors (Lipinski definition) is 7. The van der Waals surface area contributed by atoms with Gasteiger partial charge in [0.05, 0.1) is 0 Å².